The number of aromatic nitrogens is 3. The summed E-state index contributed by atoms with van der Waals surface area (Å²) in [5, 5.41) is 14.1. The molecule has 2 aromatic carbocycles. The minimum atomic E-state index is -3.11. The van der Waals surface area contributed by atoms with Gasteiger partial charge in [0.05, 0.1) is 29.9 Å². The second-order valence-corrected chi connectivity index (χ2v) is 8.90. The average molecular weight is 393 g/mol. The summed E-state index contributed by atoms with van der Waals surface area (Å²) in [4.78, 5) is 4.41. The summed E-state index contributed by atoms with van der Waals surface area (Å²) in [6.07, 6.45) is 2.98. The minimum absolute atomic E-state index is 0.00659. The van der Waals surface area contributed by atoms with E-state index in [1.165, 1.54) is 6.26 Å². The maximum atomic E-state index is 11.6. The zero-order valence-corrected chi connectivity index (χ0v) is 16.1. The average Bonchev–Trinajstić information content (AvgIpc) is 3.10. The molecule has 2 aromatic heterocycles. The van der Waals surface area contributed by atoms with E-state index in [-0.39, 0.29) is 12.4 Å². The highest BCUT2D eigenvalue weighted by Crippen LogP contribution is 2.24. The first-order valence-corrected chi connectivity index (χ1v) is 10.8. The van der Waals surface area contributed by atoms with Crippen molar-refractivity contribution in [2.45, 2.75) is 12.4 Å². The van der Waals surface area contributed by atoms with E-state index in [1.807, 2.05) is 54.6 Å². The van der Waals surface area contributed by atoms with Gasteiger partial charge in [-0.1, -0.05) is 36.4 Å². The second kappa shape index (κ2) is 7.18. The van der Waals surface area contributed by atoms with E-state index in [1.54, 1.807) is 16.8 Å². The zero-order chi connectivity index (χ0) is 19.7. The molecule has 0 radical (unpaired) electrons. The molecule has 0 spiro atoms. The second-order valence-electron chi connectivity index (χ2n) is 6.76. The van der Waals surface area contributed by atoms with Crippen molar-refractivity contribution in [1.82, 2.24) is 14.6 Å². The molecular formula is C21H19N3O3S. The lowest BCUT2D eigenvalue weighted by atomic mass is 10.1. The van der Waals surface area contributed by atoms with Crippen molar-refractivity contribution in [2.75, 3.05) is 6.26 Å². The molecule has 1 N–H and O–H groups in total. The van der Waals surface area contributed by atoms with E-state index in [4.69, 9.17) is 5.10 Å². The molecule has 0 aliphatic heterocycles. The van der Waals surface area contributed by atoms with Crippen LogP contribution in [0.3, 0.4) is 0 Å². The van der Waals surface area contributed by atoms with Gasteiger partial charge in [0, 0.05) is 17.4 Å². The van der Waals surface area contributed by atoms with Gasteiger partial charge < -0.3 is 5.11 Å². The van der Waals surface area contributed by atoms with Crippen molar-refractivity contribution in [3.8, 4) is 22.5 Å². The molecule has 2 heterocycles. The molecule has 0 unspecified atom stereocenters. The molecule has 4 rings (SSSR count). The Kier molecular flexibility index (Phi) is 4.70. The Balaban J connectivity index is 1.79. The quantitative estimate of drug-likeness (QED) is 0.563. The van der Waals surface area contributed by atoms with Crippen molar-refractivity contribution >= 4 is 15.5 Å². The standard InChI is InChI=1S/C21H19N3O3S/c1-28(26,27)14-16-5-3-6-17(11-16)19-8-9-21-22-12-20(24(21)23-19)18-7-2-4-15(10-18)13-25/h2-12,25H,13-14H2,1H3. The molecule has 0 saturated heterocycles. The van der Waals surface area contributed by atoms with E-state index in [0.29, 0.717) is 5.65 Å². The van der Waals surface area contributed by atoms with Gasteiger partial charge in [0.1, 0.15) is 0 Å². The minimum Gasteiger partial charge on any atom is -0.392 e. The molecule has 0 fully saturated rings. The predicted octanol–water partition coefficient (Wildman–Crippen LogP) is 3.10. The van der Waals surface area contributed by atoms with Crippen molar-refractivity contribution in [3.63, 3.8) is 0 Å². The van der Waals surface area contributed by atoms with Crippen LogP contribution < -0.4 is 0 Å². The Labute approximate surface area is 163 Å². The van der Waals surface area contributed by atoms with Gasteiger partial charge in [-0.25, -0.2) is 17.9 Å². The predicted molar refractivity (Wildman–Crippen MR) is 108 cm³/mol. The van der Waals surface area contributed by atoms with Gasteiger partial charge in [-0.2, -0.15) is 5.10 Å². The molecule has 0 aliphatic carbocycles. The normalized spacial score (nSPS) is 11.8. The molecule has 142 valence electrons. The molecule has 0 aliphatic rings. The van der Waals surface area contributed by atoms with Gasteiger partial charge in [-0.05, 0) is 35.4 Å². The van der Waals surface area contributed by atoms with E-state index < -0.39 is 9.84 Å². The zero-order valence-electron chi connectivity index (χ0n) is 15.3. The number of benzene rings is 2. The van der Waals surface area contributed by atoms with Crippen LogP contribution >= 0.6 is 0 Å². The van der Waals surface area contributed by atoms with Crippen LogP contribution in [0.25, 0.3) is 28.2 Å². The number of fused-ring (bicyclic) bond motifs is 1. The summed E-state index contributed by atoms with van der Waals surface area (Å²) < 4.78 is 25.0. The van der Waals surface area contributed by atoms with Gasteiger partial charge in [0.15, 0.2) is 15.5 Å². The first-order valence-electron chi connectivity index (χ1n) is 8.75. The SMILES string of the molecule is CS(=O)(=O)Cc1cccc(-c2ccc3ncc(-c4cccc(CO)c4)n3n2)c1. The van der Waals surface area contributed by atoms with E-state index >= 15 is 0 Å². The third kappa shape index (κ3) is 3.81. The smallest absolute Gasteiger partial charge is 0.154 e. The molecule has 0 saturated carbocycles. The van der Waals surface area contributed by atoms with Crippen molar-refractivity contribution in [2.24, 2.45) is 0 Å². The number of nitrogens with zero attached hydrogens (tertiary/aromatic N) is 3. The maximum Gasteiger partial charge on any atom is 0.154 e. The van der Waals surface area contributed by atoms with Gasteiger partial charge >= 0.3 is 0 Å². The molecular weight excluding hydrogens is 374 g/mol. The van der Waals surface area contributed by atoms with Gasteiger partial charge in [0.2, 0.25) is 0 Å². The van der Waals surface area contributed by atoms with Crippen LogP contribution in [0, 0.1) is 0 Å². The molecule has 4 aromatic rings. The van der Waals surface area contributed by atoms with E-state index in [9.17, 15) is 13.5 Å². The van der Waals surface area contributed by atoms with Crippen LogP contribution in [-0.2, 0) is 22.2 Å². The third-order valence-corrected chi connectivity index (χ3v) is 5.28. The highest BCUT2D eigenvalue weighted by atomic mass is 32.2. The van der Waals surface area contributed by atoms with Gasteiger partial charge in [0.25, 0.3) is 0 Å². The van der Waals surface area contributed by atoms with E-state index in [0.717, 1.165) is 33.6 Å². The Morgan fingerprint density at radius 3 is 2.43 bits per heavy atom. The lowest BCUT2D eigenvalue weighted by molar-refractivity contribution is 0.282. The largest absolute Gasteiger partial charge is 0.392 e. The number of aliphatic hydroxyl groups is 1. The van der Waals surface area contributed by atoms with Crippen molar-refractivity contribution in [1.29, 1.82) is 0 Å². The molecule has 0 bridgehead atoms. The summed E-state index contributed by atoms with van der Waals surface area (Å²) in [6, 6.07) is 18.7. The first kappa shape index (κ1) is 18.3. The molecule has 0 atom stereocenters. The third-order valence-electron chi connectivity index (χ3n) is 4.42. The summed E-state index contributed by atoms with van der Waals surface area (Å²) >= 11 is 0. The number of sulfone groups is 1. The van der Waals surface area contributed by atoms with Crippen LogP contribution in [0.5, 0.6) is 0 Å². The first-order chi connectivity index (χ1) is 13.4. The Morgan fingerprint density at radius 2 is 1.68 bits per heavy atom. The summed E-state index contributed by atoms with van der Waals surface area (Å²) in [5.41, 5.74) is 5.54. The van der Waals surface area contributed by atoms with Crippen LogP contribution in [0.2, 0.25) is 0 Å². The lowest BCUT2D eigenvalue weighted by Gasteiger charge is -2.07. The van der Waals surface area contributed by atoms with Crippen LogP contribution in [-0.4, -0.2) is 34.4 Å². The fourth-order valence-corrected chi connectivity index (χ4v) is 3.96. The highest BCUT2D eigenvalue weighted by Gasteiger charge is 2.11. The Hall–Kier alpha value is -3.03. The lowest BCUT2D eigenvalue weighted by Crippen LogP contribution is -2.01. The van der Waals surface area contributed by atoms with Crippen molar-refractivity contribution < 1.29 is 13.5 Å². The van der Waals surface area contributed by atoms with Crippen LogP contribution in [0.4, 0.5) is 0 Å². The van der Waals surface area contributed by atoms with Crippen LogP contribution in [0.15, 0.2) is 66.9 Å². The Bertz CT molecular complexity index is 1260. The molecule has 6 nitrogen and oxygen atoms in total. The molecule has 7 heteroatoms. The number of aliphatic hydroxyl groups excluding tert-OH is 1. The summed E-state index contributed by atoms with van der Waals surface area (Å²) in [5.74, 6) is -0.00659. The number of hydrogen-bond acceptors (Lipinski definition) is 5. The Morgan fingerprint density at radius 1 is 0.964 bits per heavy atom. The topological polar surface area (TPSA) is 84.6 Å². The number of imidazole rings is 1. The maximum absolute atomic E-state index is 11.6. The van der Waals surface area contributed by atoms with Crippen LogP contribution in [0.1, 0.15) is 11.1 Å². The molecule has 28 heavy (non-hydrogen) atoms. The van der Waals surface area contributed by atoms with Crippen molar-refractivity contribution in [3.05, 3.63) is 78.0 Å². The van der Waals surface area contributed by atoms with Gasteiger partial charge in [-0.3, -0.25) is 0 Å². The monoisotopic (exact) mass is 393 g/mol. The highest BCUT2D eigenvalue weighted by molar-refractivity contribution is 7.89. The van der Waals surface area contributed by atoms with Gasteiger partial charge in [-0.15, -0.1) is 0 Å². The number of hydrogen-bond donors (Lipinski definition) is 1. The number of rotatable bonds is 5. The summed E-state index contributed by atoms with van der Waals surface area (Å²) in [6.45, 7) is -0.0314. The summed E-state index contributed by atoms with van der Waals surface area (Å²) in [7, 11) is -3.11. The fourth-order valence-electron chi connectivity index (χ4n) is 3.18. The molecule has 0 amide bonds. The fraction of sp³-hybridized carbons (Fsp3) is 0.143. The van der Waals surface area contributed by atoms with E-state index in [2.05, 4.69) is 4.98 Å².